The van der Waals surface area contributed by atoms with Gasteiger partial charge in [-0.05, 0) is 6.92 Å². The average Bonchev–Trinajstić information content (AvgIpc) is 3.09. The molecule has 2 rings (SSSR count). The third-order valence-corrected chi connectivity index (χ3v) is 3.73. The predicted octanol–water partition coefficient (Wildman–Crippen LogP) is -2.22. The Balaban J connectivity index is 2.08. The van der Waals surface area contributed by atoms with E-state index in [9.17, 15) is 19.5 Å². The molecule has 0 bridgehead atoms. The number of urea groups is 1. The molecule has 13 heteroatoms. The van der Waals surface area contributed by atoms with Crippen LogP contribution in [-0.2, 0) is 14.3 Å². The second kappa shape index (κ2) is 9.25. The Kier molecular flexibility index (Phi) is 7.04. The summed E-state index contributed by atoms with van der Waals surface area (Å²) >= 11 is 0. The Morgan fingerprint density at radius 1 is 1.41 bits per heavy atom. The highest BCUT2D eigenvalue weighted by atomic mass is 16.5. The number of carbonyl (C=O) groups is 3. The molecule has 0 radical (unpaired) electrons. The van der Waals surface area contributed by atoms with Crippen LogP contribution in [-0.4, -0.2) is 70.2 Å². The molecule has 0 aliphatic carbocycles. The Morgan fingerprint density at radius 3 is 2.70 bits per heavy atom. The first kappa shape index (κ1) is 20.5. The lowest BCUT2D eigenvalue weighted by atomic mass is 10.2. The van der Waals surface area contributed by atoms with Crippen molar-refractivity contribution in [3.63, 3.8) is 0 Å². The molecule has 27 heavy (non-hydrogen) atoms. The van der Waals surface area contributed by atoms with Crippen LogP contribution in [0.1, 0.15) is 37.1 Å². The van der Waals surface area contributed by atoms with Gasteiger partial charge in [0.25, 0.3) is 0 Å². The molecule has 7 N–H and O–H groups in total. The van der Waals surface area contributed by atoms with Crippen molar-refractivity contribution in [2.24, 2.45) is 5.73 Å². The van der Waals surface area contributed by atoms with Gasteiger partial charge in [0.2, 0.25) is 11.8 Å². The Bertz CT molecular complexity index is 673. The zero-order chi connectivity index (χ0) is 20.0. The molecule has 0 saturated carbocycles. The van der Waals surface area contributed by atoms with Crippen molar-refractivity contribution in [3.05, 3.63) is 11.7 Å². The van der Waals surface area contributed by atoms with E-state index in [0.717, 1.165) is 0 Å². The first-order valence-corrected chi connectivity index (χ1v) is 8.18. The van der Waals surface area contributed by atoms with Gasteiger partial charge in [-0.3, -0.25) is 4.79 Å². The van der Waals surface area contributed by atoms with E-state index in [1.807, 2.05) is 0 Å². The number of rotatable bonds is 8. The number of ether oxygens (including phenoxy) is 1. The summed E-state index contributed by atoms with van der Waals surface area (Å²) in [6, 6.07) is -3.86. The first-order chi connectivity index (χ1) is 12.8. The second-order valence-electron chi connectivity index (χ2n) is 5.97. The quantitative estimate of drug-likeness (QED) is 0.284. The third kappa shape index (κ3) is 5.87. The minimum Gasteiger partial charge on any atom is -0.480 e. The van der Waals surface area contributed by atoms with E-state index in [4.69, 9.17) is 20.1 Å². The summed E-state index contributed by atoms with van der Waals surface area (Å²) in [6.07, 6.45) is -1.69. The van der Waals surface area contributed by atoms with Crippen LogP contribution in [0, 0.1) is 0 Å². The van der Waals surface area contributed by atoms with E-state index in [-0.39, 0.29) is 24.2 Å². The summed E-state index contributed by atoms with van der Waals surface area (Å²) < 4.78 is 10.4. The normalized spacial score (nSPS) is 20.3. The fraction of sp³-hybridized carbons (Fsp3) is 0.643. The van der Waals surface area contributed by atoms with E-state index in [1.165, 1.54) is 6.92 Å². The van der Waals surface area contributed by atoms with Crippen molar-refractivity contribution in [1.29, 1.82) is 0 Å². The molecule has 2 heterocycles. The number of nitrogens with zero attached hydrogens (tertiary/aromatic N) is 2. The van der Waals surface area contributed by atoms with Crippen LogP contribution in [0.2, 0.25) is 0 Å². The highest BCUT2D eigenvalue weighted by Gasteiger charge is 2.29. The highest BCUT2D eigenvalue weighted by Crippen LogP contribution is 2.18. The van der Waals surface area contributed by atoms with Gasteiger partial charge >= 0.3 is 12.0 Å². The van der Waals surface area contributed by atoms with Gasteiger partial charge in [-0.25, -0.2) is 9.59 Å². The molecule has 13 nitrogen and oxygen atoms in total. The number of carboxylic acid groups (broad SMARTS) is 1. The largest absolute Gasteiger partial charge is 0.480 e. The molecule has 1 aromatic heterocycles. The number of morpholine rings is 1. The second-order valence-corrected chi connectivity index (χ2v) is 5.97. The van der Waals surface area contributed by atoms with Crippen molar-refractivity contribution in [2.75, 3.05) is 19.8 Å². The zero-order valence-corrected chi connectivity index (χ0v) is 14.5. The summed E-state index contributed by atoms with van der Waals surface area (Å²) in [7, 11) is 0. The minimum atomic E-state index is -1.54. The van der Waals surface area contributed by atoms with Crippen molar-refractivity contribution < 1.29 is 33.9 Å². The number of aliphatic hydroxyl groups is 1. The number of nitrogens with one attached hydrogen (secondary N) is 3. The molecular weight excluding hydrogens is 364 g/mol. The third-order valence-electron chi connectivity index (χ3n) is 3.73. The topological polar surface area (TPSA) is 202 Å². The number of nitrogens with two attached hydrogens (primary N) is 1. The lowest BCUT2D eigenvalue weighted by Crippen LogP contribution is -2.52. The smallest absolute Gasteiger partial charge is 0.328 e. The van der Waals surface area contributed by atoms with Gasteiger partial charge in [-0.15, -0.1) is 0 Å². The van der Waals surface area contributed by atoms with Gasteiger partial charge < -0.3 is 41.2 Å². The average molecular weight is 386 g/mol. The predicted molar refractivity (Wildman–Crippen MR) is 87.2 cm³/mol. The van der Waals surface area contributed by atoms with Gasteiger partial charge in [0.05, 0.1) is 31.8 Å². The summed E-state index contributed by atoms with van der Waals surface area (Å²) in [4.78, 5) is 38.6. The van der Waals surface area contributed by atoms with Crippen molar-refractivity contribution >= 4 is 17.9 Å². The number of aliphatic carboxylic acids is 1. The Labute approximate surface area is 153 Å². The molecule has 4 atom stereocenters. The maximum atomic E-state index is 12.1. The standard InChI is InChI=1S/C14H22N6O7/c1-6(21)10(13(23)24)18-14(25)17-7(4-9(15)22)12-19-11(20-27-12)8-5-26-3-2-16-8/h6-8,10,16,21H,2-5H2,1H3,(H2,15,22)(H,23,24)(H2,17,18,25)/t6?,7-,8?,10-/m0/s1. The van der Waals surface area contributed by atoms with Crippen LogP contribution in [0.4, 0.5) is 4.79 Å². The number of hydrogen-bond donors (Lipinski definition) is 6. The van der Waals surface area contributed by atoms with Crippen LogP contribution in [0.15, 0.2) is 4.52 Å². The first-order valence-electron chi connectivity index (χ1n) is 8.18. The van der Waals surface area contributed by atoms with Crippen LogP contribution in [0.5, 0.6) is 0 Å². The summed E-state index contributed by atoms with van der Waals surface area (Å²) in [5, 5.41) is 29.8. The molecule has 3 amide bonds. The maximum Gasteiger partial charge on any atom is 0.328 e. The van der Waals surface area contributed by atoms with Gasteiger partial charge in [-0.2, -0.15) is 4.98 Å². The molecule has 150 valence electrons. The number of aliphatic hydroxyl groups excluding tert-OH is 1. The van der Waals surface area contributed by atoms with Crippen LogP contribution in [0.3, 0.4) is 0 Å². The molecule has 1 saturated heterocycles. The highest BCUT2D eigenvalue weighted by molar-refractivity contribution is 5.83. The van der Waals surface area contributed by atoms with Crippen LogP contribution in [0.25, 0.3) is 0 Å². The number of amides is 3. The molecule has 1 aliphatic rings. The van der Waals surface area contributed by atoms with Gasteiger partial charge in [0.15, 0.2) is 11.9 Å². The molecule has 0 spiro atoms. The summed E-state index contributed by atoms with van der Waals surface area (Å²) in [5.41, 5.74) is 5.19. The SMILES string of the molecule is CC(O)[C@H](NC(=O)N[C@@H](CC(N)=O)c1nc(C2COCCN2)no1)C(=O)O. The van der Waals surface area contributed by atoms with Crippen LogP contribution >= 0.6 is 0 Å². The minimum absolute atomic E-state index is 0.0738. The molecule has 1 aliphatic heterocycles. The van der Waals surface area contributed by atoms with E-state index in [1.54, 1.807) is 0 Å². The van der Waals surface area contributed by atoms with Crippen molar-refractivity contribution in [2.45, 2.75) is 37.6 Å². The van der Waals surface area contributed by atoms with E-state index < -0.39 is 36.1 Å². The molecule has 1 fully saturated rings. The van der Waals surface area contributed by atoms with Gasteiger partial charge in [0, 0.05) is 6.54 Å². The van der Waals surface area contributed by atoms with Gasteiger partial charge in [0.1, 0.15) is 6.04 Å². The number of aromatic nitrogens is 2. The van der Waals surface area contributed by atoms with Crippen molar-refractivity contribution in [3.8, 4) is 0 Å². The fourth-order valence-corrected chi connectivity index (χ4v) is 2.39. The van der Waals surface area contributed by atoms with Crippen molar-refractivity contribution in [1.82, 2.24) is 26.1 Å². The molecule has 0 aromatic carbocycles. The summed E-state index contributed by atoms with van der Waals surface area (Å²) in [5.74, 6) is -1.96. The lowest BCUT2D eigenvalue weighted by molar-refractivity contribution is -0.141. The molecular formula is C14H22N6O7. The van der Waals surface area contributed by atoms with Gasteiger partial charge in [-0.1, -0.05) is 5.16 Å². The maximum absolute atomic E-state index is 12.1. The monoisotopic (exact) mass is 386 g/mol. The van der Waals surface area contributed by atoms with E-state index in [2.05, 4.69) is 26.1 Å². The number of primary amides is 1. The Morgan fingerprint density at radius 2 is 2.15 bits per heavy atom. The number of hydrogen-bond acceptors (Lipinski definition) is 9. The fourth-order valence-electron chi connectivity index (χ4n) is 2.39. The number of carbonyl (C=O) groups excluding carboxylic acids is 2. The van der Waals surface area contributed by atoms with Crippen LogP contribution < -0.4 is 21.7 Å². The lowest BCUT2D eigenvalue weighted by Gasteiger charge is -2.21. The number of carboxylic acids is 1. The van der Waals surface area contributed by atoms with E-state index in [0.29, 0.717) is 19.8 Å². The van der Waals surface area contributed by atoms with E-state index >= 15 is 0 Å². The zero-order valence-electron chi connectivity index (χ0n) is 14.5. The summed E-state index contributed by atoms with van der Waals surface area (Å²) in [6.45, 7) is 2.71. The molecule has 1 aromatic rings. The molecule has 2 unspecified atom stereocenters. The Hall–Kier alpha value is -2.77.